The average molecular weight is 291 g/mol. The van der Waals surface area contributed by atoms with Crippen LogP contribution >= 0.6 is 11.6 Å². The summed E-state index contributed by atoms with van der Waals surface area (Å²) < 4.78 is 1.70. The number of hydrogen-bond acceptors (Lipinski definition) is 4. The second kappa shape index (κ2) is 5.63. The van der Waals surface area contributed by atoms with E-state index in [1.165, 1.54) is 18.2 Å². The molecule has 0 fully saturated rings. The van der Waals surface area contributed by atoms with Crippen molar-refractivity contribution in [1.29, 1.82) is 5.26 Å². The van der Waals surface area contributed by atoms with Crippen molar-refractivity contribution in [3.8, 4) is 6.07 Å². The van der Waals surface area contributed by atoms with Crippen molar-refractivity contribution >= 4 is 23.0 Å². The normalized spacial score (nSPS) is 10.1. The Hall–Kier alpha value is -2.52. The maximum absolute atomic E-state index is 10.9. The Kier molecular flexibility index (Phi) is 3.91. The van der Waals surface area contributed by atoms with Crippen molar-refractivity contribution in [2.45, 2.75) is 6.54 Å². The van der Waals surface area contributed by atoms with E-state index in [1.807, 2.05) is 0 Å². The highest BCUT2D eigenvalue weighted by molar-refractivity contribution is 6.31. The van der Waals surface area contributed by atoms with Gasteiger partial charge in [-0.1, -0.05) is 11.6 Å². The van der Waals surface area contributed by atoms with Gasteiger partial charge in [0, 0.05) is 30.9 Å². The lowest BCUT2D eigenvalue weighted by Gasteiger charge is -2.06. The lowest BCUT2D eigenvalue weighted by molar-refractivity contribution is -0.384. The molecule has 0 saturated heterocycles. The zero-order chi connectivity index (χ0) is 14.7. The minimum atomic E-state index is -0.468. The summed E-state index contributed by atoms with van der Waals surface area (Å²) in [5.41, 5.74) is 1.71. The van der Waals surface area contributed by atoms with Crippen LogP contribution in [0, 0.1) is 21.4 Å². The molecule has 0 atom stereocenters. The van der Waals surface area contributed by atoms with Gasteiger partial charge in [-0.05, 0) is 23.8 Å². The number of nitrogens with zero attached hydrogens (tertiary/aromatic N) is 3. The van der Waals surface area contributed by atoms with E-state index in [-0.39, 0.29) is 5.69 Å². The topological polar surface area (TPSA) is 83.9 Å². The Labute approximate surface area is 120 Å². The standard InChI is InChI=1S/C13H11ClN4O2/c1-17-8-9(4-11(17)6-15)7-16-12-5-10(14)2-3-13(12)18(19)20/h2-5,8,16H,7H2,1H3. The predicted octanol–water partition coefficient (Wildman–Crippen LogP) is 3.07. The first kappa shape index (κ1) is 13.9. The summed E-state index contributed by atoms with van der Waals surface area (Å²) in [5, 5.41) is 23.2. The van der Waals surface area contributed by atoms with E-state index in [2.05, 4.69) is 11.4 Å². The van der Waals surface area contributed by atoms with Crippen LogP contribution < -0.4 is 5.32 Å². The van der Waals surface area contributed by atoms with Gasteiger partial charge in [0.15, 0.2) is 0 Å². The number of nitriles is 1. The first-order valence-corrected chi connectivity index (χ1v) is 6.12. The highest BCUT2D eigenvalue weighted by Crippen LogP contribution is 2.28. The van der Waals surface area contributed by atoms with Crippen LogP contribution in [0.4, 0.5) is 11.4 Å². The molecule has 102 valence electrons. The molecule has 7 heteroatoms. The second-order valence-electron chi connectivity index (χ2n) is 4.23. The van der Waals surface area contributed by atoms with Gasteiger partial charge in [0.25, 0.3) is 5.69 Å². The van der Waals surface area contributed by atoms with Gasteiger partial charge in [0.05, 0.1) is 4.92 Å². The predicted molar refractivity (Wildman–Crippen MR) is 75.6 cm³/mol. The molecule has 0 saturated carbocycles. The van der Waals surface area contributed by atoms with Crippen LogP contribution in [-0.2, 0) is 13.6 Å². The fraction of sp³-hybridized carbons (Fsp3) is 0.154. The third-order valence-corrected chi connectivity index (χ3v) is 3.05. The molecule has 6 nitrogen and oxygen atoms in total. The molecule has 0 aliphatic heterocycles. The van der Waals surface area contributed by atoms with Crippen LogP contribution in [0.5, 0.6) is 0 Å². The van der Waals surface area contributed by atoms with Crippen molar-refractivity contribution in [3.05, 3.63) is 56.9 Å². The molecule has 1 heterocycles. The van der Waals surface area contributed by atoms with E-state index in [4.69, 9.17) is 16.9 Å². The Bertz CT molecular complexity index is 703. The summed E-state index contributed by atoms with van der Waals surface area (Å²) in [6.07, 6.45) is 1.79. The van der Waals surface area contributed by atoms with E-state index in [0.717, 1.165) is 5.56 Å². The lowest BCUT2D eigenvalue weighted by Crippen LogP contribution is -2.02. The minimum Gasteiger partial charge on any atom is -0.375 e. The van der Waals surface area contributed by atoms with E-state index >= 15 is 0 Å². The molecule has 0 spiro atoms. The van der Waals surface area contributed by atoms with Gasteiger partial charge in [0.1, 0.15) is 17.5 Å². The van der Waals surface area contributed by atoms with E-state index in [9.17, 15) is 10.1 Å². The number of rotatable bonds is 4. The lowest BCUT2D eigenvalue weighted by atomic mass is 10.2. The minimum absolute atomic E-state index is 0.0363. The summed E-state index contributed by atoms with van der Waals surface area (Å²) in [4.78, 5) is 10.5. The number of benzene rings is 1. The van der Waals surface area contributed by atoms with Gasteiger partial charge < -0.3 is 9.88 Å². The number of halogens is 1. The van der Waals surface area contributed by atoms with Crippen LogP contribution in [0.1, 0.15) is 11.3 Å². The Morgan fingerprint density at radius 1 is 1.50 bits per heavy atom. The van der Waals surface area contributed by atoms with Gasteiger partial charge in [-0.25, -0.2) is 0 Å². The first-order valence-electron chi connectivity index (χ1n) is 5.74. The number of aromatic nitrogens is 1. The van der Waals surface area contributed by atoms with Crippen molar-refractivity contribution in [3.63, 3.8) is 0 Å². The third-order valence-electron chi connectivity index (χ3n) is 2.81. The van der Waals surface area contributed by atoms with Gasteiger partial charge in [-0.3, -0.25) is 10.1 Å². The molecule has 2 rings (SSSR count). The molecule has 0 aliphatic carbocycles. The number of nitrogens with one attached hydrogen (secondary N) is 1. The van der Waals surface area contributed by atoms with Gasteiger partial charge >= 0.3 is 0 Å². The summed E-state index contributed by atoms with van der Waals surface area (Å²) in [6, 6.07) is 8.12. The maximum Gasteiger partial charge on any atom is 0.292 e. The Balaban J connectivity index is 2.20. The van der Waals surface area contributed by atoms with Gasteiger partial charge in [-0.15, -0.1) is 0 Å². The highest BCUT2D eigenvalue weighted by atomic mass is 35.5. The largest absolute Gasteiger partial charge is 0.375 e. The van der Waals surface area contributed by atoms with E-state index < -0.39 is 4.92 Å². The van der Waals surface area contributed by atoms with Crippen LogP contribution in [0.15, 0.2) is 30.5 Å². The summed E-state index contributed by atoms with van der Waals surface area (Å²) >= 11 is 5.85. The van der Waals surface area contributed by atoms with Crippen LogP contribution in [-0.4, -0.2) is 9.49 Å². The molecule has 1 N–H and O–H groups in total. The van der Waals surface area contributed by atoms with Crippen molar-refractivity contribution < 1.29 is 4.92 Å². The molecule has 20 heavy (non-hydrogen) atoms. The van der Waals surface area contributed by atoms with Crippen LogP contribution in [0.3, 0.4) is 0 Å². The molecule has 1 aromatic carbocycles. The van der Waals surface area contributed by atoms with Crippen molar-refractivity contribution in [2.24, 2.45) is 7.05 Å². The zero-order valence-electron chi connectivity index (χ0n) is 10.6. The number of aryl methyl sites for hydroxylation is 1. The highest BCUT2D eigenvalue weighted by Gasteiger charge is 2.14. The summed E-state index contributed by atoms with van der Waals surface area (Å²) in [6.45, 7) is 0.372. The van der Waals surface area contributed by atoms with Crippen molar-refractivity contribution in [1.82, 2.24) is 4.57 Å². The summed E-state index contributed by atoms with van der Waals surface area (Å²) in [7, 11) is 1.77. The smallest absolute Gasteiger partial charge is 0.292 e. The fourth-order valence-corrected chi connectivity index (χ4v) is 2.02. The number of nitro groups is 1. The molecule has 0 unspecified atom stereocenters. The van der Waals surface area contributed by atoms with E-state index in [0.29, 0.717) is 22.9 Å². The van der Waals surface area contributed by atoms with Crippen LogP contribution in [0.2, 0.25) is 5.02 Å². The molecule has 0 bridgehead atoms. The van der Waals surface area contributed by atoms with Gasteiger partial charge in [0.2, 0.25) is 0 Å². The monoisotopic (exact) mass is 290 g/mol. The van der Waals surface area contributed by atoms with E-state index in [1.54, 1.807) is 23.9 Å². The van der Waals surface area contributed by atoms with Crippen molar-refractivity contribution in [2.75, 3.05) is 5.32 Å². The number of hydrogen-bond donors (Lipinski definition) is 1. The average Bonchev–Trinajstić information content (AvgIpc) is 2.76. The molecule has 0 aliphatic rings. The second-order valence-corrected chi connectivity index (χ2v) is 4.66. The fourth-order valence-electron chi connectivity index (χ4n) is 1.85. The summed E-state index contributed by atoms with van der Waals surface area (Å²) in [5.74, 6) is 0. The Morgan fingerprint density at radius 2 is 2.25 bits per heavy atom. The first-order chi connectivity index (χ1) is 9.51. The molecular formula is C13H11ClN4O2. The third kappa shape index (κ3) is 2.90. The quantitative estimate of drug-likeness (QED) is 0.693. The molecule has 2 aromatic rings. The SMILES string of the molecule is Cn1cc(CNc2cc(Cl)ccc2[N+](=O)[O-])cc1C#N. The molecule has 0 amide bonds. The zero-order valence-corrected chi connectivity index (χ0v) is 11.4. The Morgan fingerprint density at radius 3 is 2.85 bits per heavy atom. The molecule has 1 aromatic heterocycles. The molecular weight excluding hydrogens is 280 g/mol. The number of anilines is 1. The van der Waals surface area contributed by atoms with Crippen LogP contribution in [0.25, 0.3) is 0 Å². The van der Waals surface area contributed by atoms with Gasteiger partial charge in [-0.2, -0.15) is 5.26 Å². The number of nitro benzene ring substituents is 1. The molecule has 0 radical (unpaired) electrons. The maximum atomic E-state index is 10.9.